The summed E-state index contributed by atoms with van der Waals surface area (Å²) in [5.41, 5.74) is 2.85. The number of nitrogens with one attached hydrogen (secondary N) is 1. The van der Waals surface area contributed by atoms with Gasteiger partial charge in [0.15, 0.2) is 0 Å². The molecule has 0 fully saturated rings. The van der Waals surface area contributed by atoms with E-state index in [1.165, 1.54) is 7.11 Å². The molecule has 0 radical (unpaired) electrons. The first-order valence-electron chi connectivity index (χ1n) is 7.04. The summed E-state index contributed by atoms with van der Waals surface area (Å²) >= 11 is 0. The van der Waals surface area contributed by atoms with Crippen molar-refractivity contribution in [3.05, 3.63) is 59.7 Å². The second kappa shape index (κ2) is 5.89. The van der Waals surface area contributed by atoms with Crippen molar-refractivity contribution < 1.29 is 14.3 Å². The molecule has 22 heavy (non-hydrogen) atoms. The van der Waals surface area contributed by atoms with Gasteiger partial charge in [0, 0.05) is 12.2 Å². The Morgan fingerprint density at radius 3 is 2.64 bits per heavy atom. The van der Waals surface area contributed by atoms with Crippen molar-refractivity contribution in [2.45, 2.75) is 6.42 Å². The van der Waals surface area contributed by atoms with Crippen LogP contribution in [0, 0.1) is 0 Å². The van der Waals surface area contributed by atoms with Gasteiger partial charge in [-0.2, -0.15) is 0 Å². The molecule has 112 valence electrons. The lowest BCUT2D eigenvalue weighted by atomic mass is 10.2. The van der Waals surface area contributed by atoms with Crippen molar-refractivity contribution in [2.24, 2.45) is 0 Å². The number of methoxy groups -OCH3 is 1. The van der Waals surface area contributed by atoms with E-state index < -0.39 is 5.97 Å². The Balaban J connectivity index is 1.83. The number of carbonyl (C=O) groups excluding carboxylic acids is 2. The molecule has 0 aliphatic carbocycles. The lowest BCUT2D eigenvalue weighted by molar-refractivity contribution is 0.0602. The van der Waals surface area contributed by atoms with Crippen LogP contribution in [0.15, 0.2) is 48.5 Å². The standard InChI is InChI=1S/C17H16N2O3/c1-22-16(20)13-7-3-4-8-14(13)18-17(21)19-11-10-12-6-2-5-9-15(12)19/h2-9H,10-11H2,1H3,(H,18,21). The summed E-state index contributed by atoms with van der Waals surface area (Å²) in [7, 11) is 1.32. The maximum Gasteiger partial charge on any atom is 0.339 e. The summed E-state index contributed by atoms with van der Waals surface area (Å²) in [5, 5.41) is 2.79. The molecule has 3 rings (SSSR count). The lowest BCUT2D eigenvalue weighted by Crippen LogP contribution is -2.33. The highest BCUT2D eigenvalue weighted by atomic mass is 16.5. The van der Waals surface area contributed by atoms with Crippen LogP contribution >= 0.6 is 0 Å². The lowest BCUT2D eigenvalue weighted by Gasteiger charge is -2.19. The molecule has 0 saturated heterocycles. The monoisotopic (exact) mass is 296 g/mol. The zero-order chi connectivity index (χ0) is 15.5. The van der Waals surface area contributed by atoms with E-state index in [4.69, 9.17) is 4.74 Å². The SMILES string of the molecule is COC(=O)c1ccccc1NC(=O)N1CCc2ccccc21. The van der Waals surface area contributed by atoms with Crippen LogP contribution < -0.4 is 10.2 Å². The van der Waals surface area contributed by atoms with Crippen molar-refractivity contribution in [2.75, 3.05) is 23.9 Å². The molecule has 0 aromatic heterocycles. The Morgan fingerprint density at radius 2 is 1.82 bits per heavy atom. The molecule has 0 saturated carbocycles. The number of rotatable bonds is 2. The minimum atomic E-state index is -0.474. The van der Waals surface area contributed by atoms with E-state index >= 15 is 0 Å². The van der Waals surface area contributed by atoms with Crippen LogP contribution in [0.2, 0.25) is 0 Å². The fraction of sp³-hybridized carbons (Fsp3) is 0.176. The highest BCUT2D eigenvalue weighted by Gasteiger charge is 2.25. The van der Waals surface area contributed by atoms with E-state index in [9.17, 15) is 9.59 Å². The smallest absolute Gasteiger partial charge is 0.339 e. The van der Waals surface area contributed by atoms with E-state index in [0.29, 0.717) is 17.8 Å². The number of hydrogen-bond donors (Lipinski definition) is 1. The molecule has 1 N–H and O–H groups in total. The molecule has 5 heteroatoms. The third-order valence-electron chi connectivity index (χ3n) is 3.71. The number of esters is 1. The molecule has 0 atom stereocenters. The van der Waals surface area contributed by atoms with Crippen molar-refractivity contribution in [1.82, 2.24) is 0 Å². The molecular formula is C17H16N2O3. The van der Waals surface area contributed by atoms with Gasteiger partial charge in [-0.3, -0.25) is 4.90 Å². The van der Waals surface area contributed by atoms with Crippen LogP contribution in [0.3, 0.4) is 0 Å². The van der Waals surface area contributed by atoms with E-state index in [2.05, 4.69) is 5.32 Å². The molecule has 0 bridgehead atoms. The van der Waals surface area contributed by atoms with Gasteiger partial charge in [-0.15, -0.1) is 0 Å². The number of nitrogens with zero attached hydrogens (tertiary/aromatic N) is 1. The van der Waals surface area contributed by atoms with Crippen LogP contribution in [0.1, 0.15) is 15.9 Å². The van der Waals surface area contributed by atoms with E-state index in [1.807, 2.05) is 24.3 Å². The molecule has 2 aromatic rings. The van der Waals surface area contributed by atoms with Gasteiger partial charge >= 0.3 is 12.0 Å². The van der Waals surface area contributed by atoms with Crippen molar-refractivity contribution >= 4 is 23.4 Å². The van der Waals surface area contributed by atoms with Gasteiger partial charge in [-0.05, 0) is 30.2 Å². The number of ether oxygens (including phenoxy) is 1. The van der Waals surface area contributed by atoms with Gasteiger partial charge in [-0.25, -0.2) is 9.59 Å². The topological polar surface area (TPSA) is 58.6 Å². The van der Waals surface area contributed by atoms with E-state index in [1.54, 1.807) is 29.2 Å². The zero-order valence-electron chi connectivity index (χ0n) is 12.2. The average molecular weight is 296 g/mol. The summed E-state index contributed by atoms with van der Waals surface area (Å²) in [4.78, 5) is 25.9. The van der Waals surface area contributed by atoms with Crippen LogP contribution in [-0.4, -0.2) is 25.7 Å². The average Bonchev–Trinajstić information content (AvgIpc) is 2.99. The Hall–Kier alpha value is -2.82. The van der Waals surface area contributed by atoms with E-state index in [-0.39, 0.29) is 6.03 Å². The van der Waals surface area contributed by atoms with Gasteiger partial charge in [0.1, 0.15) is 0 Å². The third kappa shape index (κ3) is 2.53. The van der Waals surface area contributed by atoms with Crippen molar-refractivity contribution in [3.8, 4) is 0 Å². The molecule has 1 aliphatic heterocycles. The first-order valence-corrected chi connectivity index (χ1v) is 7.04. The predicted molar refractivity (Wildman–Crippen MR) is 84.3 cm³/mol. The summed E-state index contributed by atoms with van der Waals surface area (Å²) in [6.45, 7) is 0.631. The molecule has 1 heterocycles. The van der Waals surface area contributed by atoms with Gasteiger partial charge in [0.2, 0.25) is 0 Å². The van der Waals surface area contributed by atoms with Crippen LogP contribution in [-0.2, 0) is 11.2 Å². The molecular weight excluding hydrogens is 280 g/mol. The quantitative estimate of drug-likeness (QED) is 0.866. The molecule has 2 aromatic carbocycles. The Labute approximate surface area is 128 Å². The van der Waals surface area contributed by atoms with Crippen LogP contribution in [0.25, 0.3) is 0 Å². The largest absolute Gasteiger partial charge is 0.465 e. The molecule has 2 amide bonds. The van der Waals surface area contributed by atoms with Crippen molar-refractivity contribution in [3.63, 3.8) is 0 Å². The molecule has 1 aliphatic rings. The van der Waals surface area contributed by atoms with Gasteiger partial charge in [-0.1, -0.05) is 30.3 Å². The number of hydrogen-bond acceptors (Lipinski definition) is 3. The third-order valence-corrected chi connectivity index (χ3v) is 3.71. The van der Waals surface area contributed by atoms with Crippen LogP contribution in [0.5, 0.6) is 0 Å². The molecule has 0 spiro atoms. The fourth-order valence-corrected chi connectivity index (χ4v) is 2.61. The minimum Gasteiger partial charge on any atom is -0.465 e. The zero-order valence-corrected chi connectivity index (χ0v) is 12.2. The van der Waals surface area contributed by atoms with Crippen molar-refractivity contribution in [1.29, 1.82) is 0 Å². The van der Waals surface area contributed by atoms with Gasteiger partial charge < -0.3 is 10.1 Å². The first kappa shape index (κ1) is 14.1. The number of anilines is 2. The summed E-state index contributed by atoms with van der Waals surface area (Å²) in [6.07, 6.45) is 0.836. The van der Waals surface area contributed by atoms with Gasteiger partial charge in [0.05, 0.1) is 18.4 Å². The number of amides is 2. The summed E-state index contributed by atoms with van der Waals surface area (Å²) in [6, 6.07) is 14.4. The molecule has 0 unspecified atom stereocenters. The Kier molecular flexibility index (Phi) is 3.78. The maximum absolute atomic E-state index is 12.5. The Bertz CT molecular complexity index is 727. The van der Waals surface area contributed by atoms with E-state index in [0.717, 1.165) is 17.7 Å². The minimum absolute atomic E-state index is 0.249. The Morgan fingerprint density at radius 1 is 1.09 bits per heavy atom. The second-order valence-corrected chi connectivity index (χ2v) is 5.00. The maximum atomic E-state index is 12.5. The number of urea groups is 1. The first-order chi connectivity index (χ1) is 10.7. The van der Waals surface area contributed by atoms with Gasteiger partial charge in [0.25, 0.3) is 0 Å². The fourth-order valence-electron chi connectivity index (χ4n) is 2.61. The summed E-state index contributed by atoms with van der Waals surface area (Å²) < 4.78 is 4.74. The summed E-state index contributed by atoms with van der Waals surface area (Å²) in [5.74, 6) is -0.474. The number of carbonyl (C=O) groups is 2. The highest BCUT2D eigenvalue weighted by Crippen LogP contribution is 2.28. The molecule has 5 nitrogen and oxygen atoms in total. The highest BCUT2D eigenvalue weighted by molar-refractivity contribution is 6.07. The second-order valence-electron chi connectivity index (χ2n) is 5.00. The van der Waals surface area contributed by atoms with Crippen LogP contribution in [0.4, 0.5) is 16.2 Å². The number of benzene rings is 2. The number of para-hydroxylation sites is 2. The normalized spacial score (nSPS) is 12.7. The predicted octanol–water partition coefficient (Wildman–Crippen LogP) is 3.07. The number of fused-ring (bicyclic) bond motifs is 1.